The van der Waals surface area contributed by atoms with Gasteiger partial charge in [-0.3, -0.25) is 9.65 Å². The molecule has 1 aliphatic rings. The van der Waals surface area contributed by atoms with Crippen molar-refractivity contribution in [3.05, 3.63) is 41.8 Å². The molecule has 0 saturated heterocycles. The van der Waals surface area contributed by atoms with Crippen LogP contribution in [-0.2, 0) is 4.57 Å². The van der Waals surface area contributed by atoms with Crippen LogP contribution in [0.4, 0.5) is 11.5 Å². The van der Waals surface area contributed by atoms with Crippen LogP contribution >= 0.6 is 19.0 Å². The number of aromatic nitrogens is 2. The Morgan fingerprint density at radius 3 is 2.59 bits per heavy atom. The topological polar surface area (TPSA) is 66.9 Å². The van der Waals surface area contributed by atoms with Crippen LogP contribution in [0, 0.1) is 0 Å². The van der Waals surface area contributed by atoms with Gasteiger partial charge < -0.3 is 5.09 Å². The number of benzene rings is 1. The third-order valence-electron chi connectivity index (χ3n) is 2.45. The molecule has 5 nitrogen and oxygen atoms in total. The Hall–Kier alpha value is -1.58. The zero-order chi connectivity index (χ0) is 11.9. The number of halogens is 1. The van der Waals surface area contributed by atoms with E-state index in [0.29, 0.717) is 16.8 Å². The van der Waals surface area contributed by atoms with Gasteiger partial charge in [0.25, 0.3) is 7.44 Å². The Morgan fingerprint density at radius 2 is 1.88 bits per heavy atom. The van der Waals surface area contributed by atoms with Gasteiger partial charge in [-0.1, -0.05) is 29.8 Å². The van der Waals surface area contributed by atoms with Crippen molar-refractivity contribution in [3.8, 4) is 0 Å². The van der Waals surface area contributed by atoms with E-state index in [2.05, 4.69) is 20.1 Å². The molecule has 2 heterocycles. The van der Waals surface area contributed by atoms with Gasteiger partial charge >= 0.3 is 0 Å². The summed E-state index contributed by atoms with van der Waals surface area (Å²) in [5, 5.41) is 6.70. The molecule has 0 amide bonds. The van der Waals surface area contributed by atoms with Gasteiger partial charge in [-0.2, -0.15) is 0 Å². The van der Waals surface area contributed by atoms with Gasteiger partial charge in [-0.15, -0.1) is 0 Å². The Balaban J connectivity index is 2.07. The lowest BCUT2D eigenvalue weighted by molar-refractivity contribution is 0.588. The van der Waals surface area contributed by atoms with Gasteiger partial charge in [0.15, 0.2) is 11.0 Å². The van der Waals surface area contributed by atoms with Crippen molar-refractivity contribution in [2.75, 3.05) is 10.2 Å². The highest BCUT2D eigenvalue weighted by Crippen LogP contribution is 2.53. The van der Waals surface area contributed by atoms with Gasteiger partial charge in [-0.05, 0) is 12.1 Å². The molecule has 0 aliphatic carbocycles. The summed E-state index contributed by atoms with van der Waals surface area (Å²) in [5.41, 5.74) is 0.487. The fraction of sp³-hybridized carbons (Fsp3) is 0. The lowest BCUT2D eigenvalue weighted by Gasteiger charge is -2.12. The van der Waals surface area contributed by atoms with Gasteiger partial charge in [0.05, 0.1) is 5.30 Å². The molecular formula is C10H8ClN4OP. The molecule has 1 aromatic carbocycles. The molecule has 3 rings (SSSR count). The van der Waals surface area contributed by atoms with Crippen LogP contribution in [0.15, 0.2) is 36.7 Å². The maximum Gasteiger partial charge on any atom is 0.289 e. The first-order chi connectivity index (χ1) is 8.19. The average molecular weight is 267 g/mol. The highest BCUT2D eigenvalue weighted by molar-refractivity contribution is 7.74. The lowest BCUT2D eigenvalue weighted by atomic mass is 10.4. The van der Waals surface area contributed by atoms with Crippen molar-refractivity contribution in [1.82, 2.24) is 9.97 Å². The molecular weight excluding hydrogens is 259 g/mol. The van der Waals surface area contributed by atoms with Gasteiger partial charge in [0, 0.05) is 0 Å². The van der Waals surface area contributed by atoms with E-state index in [0.717, 1.165) is 0 Å². The Morgan fingerprint density at radius 1 is 1.12 bits per heavy atom. The molecule has 1 atom stereocenters. The second-order valence-corrected chi connectivity index (χ2v) is 6.10. The molecule has 0 fully saturated rings. The van der Waals surface area contributed by atoms with E-state index >= 15 is 0 Å². The van der Waals surface area contributed by atoms with Crippen molar-refractivity contribution >= 4 is 35.9 Å². The number of hydrogen-bond acceptors (Lipinski definition) is 3. The number of nitrogens with one attached hydrogen (secondary N) is 2. The summed E-state index contributed by atoms with van der Waals surface area (Å²) < 4.78 is 12.7. The van der Waals surface area contributed by atoms with Crippen molar-refractivity contribution in [2.45, 2.75) is 0 Å². The van der Waals surface area contributed by atoms with E-state index in [-0.39, 0.29) is 5.15 Å². The first kappa shape index (κ1) is 10.6. The molecule has 0 spiro atoms. The molecule has 0 bridgehead atoms. The standard InChI is InChI=1S/C10H8ClN4OP/c11-9-8-10(13-6-12-9)15-17(16,14-8)7-4-2-1-3-5-7/h1-6H,(H2,12,13,14,15,16)/t17-/m1/s1. The molecule has 0 saturated carbocycles. The summed E-state index contributed by atoms with van der Waals surface area (Å²) in [6.07, 6.45) is 1.33. The van der Waals surface area contributed by atoms with Crippen LogP contribution in [0.1, 0.15) is 0 Å². The summed E-state index contributed by atoms with van der Waals surface area (Å²) in [7, 11) is -2.92. The largest absolute Gasteiger partial charge is 0.311 e. The minimum absolute atomic E-state index is 0.260. The normalized spacial score (nSPS) is 21.5. The predicted octanol–water partition coefficient (Wildman–Crippen LogP) is 2.49. The molecule has 0 unspecified atom stereocenters. The first-order valence-electron chi connectivity index (χ1n) is 4.92. The molecule has 2 N–H and O–H groups in total. The zero-order valence-corrected chi connectivity index (χ0v) is 10.2. The average Bonchev–Trinajstić information content (AvgIpc) is 2.70. The molecule has 0 radical (unpaired) electrons. The lowest BCUT2D eigenvalue weighted by Crippen LogP contribution is -2.12. The van der Waals surface area contributed by atoms with E-state index < -0.39 is 7.44 Å². The van der Waals surface area contributed by atoms with E-state index in [9.17, 15) is 4.57 Å². The molecule has 86 valence electrons. The van der Waals surface area contributed by atoms with Crippen LogP contribution in [0.25, 0.3) is 0 Å². The van der Waals surface area contributed by atoms with Gasteiger partial charge in [0.1, 0.15) is 12.0 Å². The molecule has 17 heavy (non-hydrogen) atoms. The van der Waals surface area contributed by atoms with E-state index in [4.69, 9.17) is 11.6 Å². The first-order valence-corrected chi connectivity index (χ1v) is 7.00. The SMILES string of the molecule is O=[P@@]1(c2ccccc2)Nc2ncnc(Cl)c2N1. The van der Waals surface area contributed by atoms with Crippen LogP contribution in [0.3, 0.4) is 0 Å². The summed E-state index contributed by atoms with van der Waals surface area (Å²) in [5.74, 6) is 0.470. The minimum atomic E-state index is -2.92. The Labute approximate surface area is 103 Å². The molecule has 2 aromatic rings. The summed E-state index contributed by atoms with van der Waals surface area (Å²) in [4.78, 5) is 7.84. The summed E-state index contributed by atoms with van der Waals surface area (Å²) in [6, 6.07) is 9.09. The summed E-state index contributed by atoms with van der Waals surface area (Å²) in [6.45, 7) is 0. The van der Waals surface area contributed by atoms with Crippen LogP contribution in [0.2, 0.25) is 5.15 Å². The fourth-order valence-corrected chi connectivity index (χ4v) is 3.80. The molecule has 1 aromatic heterocycles. The smallest absolute Gasteiger partial charge is 0.289 e. The van der Waals surface area contributed by atoms with Crippen LogP contribution in [-0.4, -0.2) is 9.97 Å². The van der Waals surface area contributed by atoms with E-state index in [1.165, 1.54) is 6.33 Å². The number of rotatable bonds is 1. The molecule has 7 heteroatoms. The fourth-order valence-electron chi connectivity index (χ4n) is 1.65. The highest BCUT2D eigenvalue weighted by atomic mass is 35.5. The maximum atomic E-state index is 12.7. The second-order valence-electron chi connectivity index (χ2n) is 3.56. The Bertz CT molecular complexity index is 619. The number of hydrogen-bond donors (Lipinski definition) is 2. The maximum absolute atomic E-state index is 12.7. The van der Waals surface area contributed by atoms with Gasteiger partial charge in [-0.25, -0.2) is 9.97 Å². The zero-order valence-electron chi connectivity index (χ0n) is 8.59. The van der Waals surface area contributed by atoms with Crippen molar-refractivity contribution in [3.63, 3.8) is 0 Å². The summed E-state index contributed by atoms with van der Waals surface area (Å²) >= 11 is 5.91. The van der Waals surface area contributed by atoms with E-state index in [1.807, 2.05) is 18.2 Å². The van der Waals surface area contributed by atoms with Crippen LogP contribution in [0.5, 0.6) is 0 Å². The Kier molecular flexibility index (Phi) is 2.31. The third kappa shape index (κ3) is 1.68. The molecule has 1 aliphatic heterocycles. The monoisotopic (exact) mass is 266 g/mol. The number of nitrogens with zero attached hydrogens (tertiary/aromatic N) is 2. The number of fused-ring (bicyclic) bond motifs is 1. The number of anilines is 2. The minimum Gasteiger partial charge on any atom is -0.311 e. The van der Waals surface area contributed by atoms with Gasteiger partial charge in [0.2, 0.25) is 0 Å². The van der Waals surface area contributed by atoms with Crippen molar-refractivity contribution in [1.29, 1.82) is 0 Å². The van der Waals surface area contributed by atoms with E-state index in [1.54, 1.807) is 12.1 Å². The second kappa shape index (κ2) is 3.72. The quantitative estimate of drug-likeness (QED) is 0.613. The van der Waals surface area contributed by atoms with Crippen LogP contribution < -0.4 is 15.5 Å². The third-order valence-corrected chi connectivity index (χ3v) is 4.83. The van der Waals surface area contributed by atoms with Crippen molar-refractivity contribution in [2.24, 2.45) is 0 Å². The van der Waals surface area contributed by atoms with Crippen molar-refractivity contribution < 1.29 is 4.57 Å². The predicted molar refractivity (Wildman–Crippen MR) is 68.0 cm³/mol. The highest BCUT2D eigenvalue weighted by Gasteiger charge is 2.34.